The Labute approximate surface area is 112 Å². The molecule has 108 valence electrons. The van der Waals surface area contributed by atoms with Crippen LogP contribution >= 0.6 is 0 Å². The fourth-order valence-corrected chi connectivity index (χ4v) is 2.00. The number of carbonyl (C=O) groups is 1. The molecule has 4 nitrogen and oxygen atoms in total. The molecule has 1 fully saturated rings. The molecular formula is C14H29NO3. The van der Waals surface area contributed by atoms with Crippen LogP contribution in [0.25, 0.3) is 0 Å². The van der Waals surface area contributed by atoms with Crippen LogP contribution in [0.5, 0.6) is 0 Å². The summed E-state index contributed by atoms with van der Waals surface area (Å²) in [5.41, 5.74) is 0. The van der Waals surface area contributed by atoms with Gasteiger partial charge >= 0.3 is 6.09 Å². The summed E-state index contributed by atoms with van der Waals surface area (Å²) >= 11 is 0. The van der Waals surface area contributed by atoms with Crippen LogP contribution in [0.15, 0.2) is 0 Å². The molecule has 0 spiro atoms. The van der Waals surface area contributed by atoms with Crippen molar-refractivity contribution in [2.45, 2.75) is 46.5 Å². The van der Waals surface area contributed by atoms with Gasteiger partial charge in [-0.3, -0.25) is 0 Å². The van der Waals surface area contributed by atoms with Crippen molar-refractivity contribution < 1.29 is 14.3 Å². The van der Waals surface area contributed by atoms with Crippen molar-refractivity contribution in [3.63, 3.8) is 0 Å². The highest BCUT2D eigenvalue weighted by Crippen LogP contribution is 2.17. The number of amides is 1. The van der Waals surface area contributed by atoms with E-state index in [-0.39, 0.29) is 6.09 Å². The number of methoxy groups -OCH3 is 1. The van der Waals surface area contributed by atoms with E-state index in [9.17, 15) is 4.79 Å². The van der Waals surface area contributed by atoms with E-state index < -0.39 is 0 Å². The largest absolute Gasteiger partial charge is 0.447 e. The minimum absolute atomic E-state index is 0.188. The standard InChI is InChI=1S/C12H23NO3.C2H6/c1-11-5-3-7-13(8-4-6-11)12(14)16-10-9-15-2;1-2/h11H,3-10H2,1-2H3;1-2H3. The summed E-state index contributed by atoms with van der Waals surface area (Å²) in [5.74, 6) is 0.798. The van der Waals surface area contributed by atoms with Crippen LogP contribution in [-0.2, 0) is 9.47 Å². The molecule has 0 unspecified atom stereocenters. The molecule has 1 amide bonds. The Hall–Kier alpha value is -0.770. The maximum absolute atomic E-state index is 11.7. The predicted octanol–water partition coefficient (Wildman–Crippen LogP) is 3.31. The normalized spacial score (nSPS) is 17.2. The number of hydrogen-bond donors (Lipinski definition) is 0. The third-order valence-corrected chi connectivity index (χ3v) is 3.02. The van der Waals surface area contributed by atoms with Gasteiger partial charge in [0.25, 0.3) is 0 Å². The van der Waals surface area contributed by atoms with E-state index in [1.54, 1.807) is 7.11 Å². The molecule has 0 bridgehead atoms. The minimum Gasteiger partial charge on any atom is -0.447 e. The molecule has 0 aliphatic carbocycles. The summed E-state index contributed by atoms with van der Waals surface area (Å²) in [5, 5.41) is 0. The van der Waals surface area contributed by atoms with Gasteiger partial charge in [-0.05, 0) is 31.6 Å². The molecule has 1 heterocycles. The van der Waals surface area contributed by atoms with E-state index in [0.717, 1.165) is 31.8 Å². The summed E-state index contributed by atoms with van der Waals surface area (Å²) < 4.78 is 9.95. The summed E-state index contributed by atoms with van der Waals surface area (Å²) in [6.07, 6.45) is 4.40. The predicted molar refractivity (Wildman–Crippen MR) is 73.8 cm³/mol. The van der Waals surface area contributed by atoms with E-state index in [2.05, 4.69) is 6.92 Å². The van der Waals surface area contributed by atoms with E-state index >= 15 is 0 Å². The number of carbonyl (C=O) groups excluding carboxylic acids is 1. The van der Waals surface area contributed by atoms with Crippen molar-refractivity contribution in [3.05, 3.63) is 0 Å². The van der Waals surface area contributed by atoms with Crippen LogP contribution in [0.2, 0.25) is 0 Å². The van der Waals surface area contributed by atoms with Crippen molar-refractivity contribution in [2.75, 3.05) is 33.4 Å². The fourth-order valence-electron chi connectivity index (χ4n) is 2.00. The van der Waals surface area contributed by atoms with E-state index in [4.69, 9.17) is 9.47 Å². The molecule has 1 rings (SSSR count). The molecule has 4 heteroatoms. The lowest BCUT2D eigenvalue weighted by Crippen LogP contribution is -2.35. The van der Waals surface area contributed by atoms with E-state index in [1.165, 1.54) is 12.8 Å². The molecule has 1 saturated heterocycles. The Morgan fingerprint density at radius 3 is 2.22 bits per heavy atom. The van der Waals surface area contributed by atoms with Gasteiger partial charge in [-0.15, -0.1) is 0 Å². The Morgan fingerprint density at radius 2 is 1.72 bits per heavy atom. The molecule has 0 atom stereocenters. The van der Waals surface area contributed by atoms with Gasteiger partial charge in [0.1, 0.15) is 6.61 Å². The first kappa shape index (κ1) is 17.2. The Kier molecular flexibility index (Phi) is 10.8. The summed E-state index contributed by atoms with van der Waals surface area (Å²) in [6, 6.07) is 0. The molecule has 0 N–H and O–H groups in total. The van der Waals surface area contributed by atoms with Crippen LogP contribution in [0.4, 0.5) is 4.79 Å². The number of ether oxygens (including phenoxy) is 2. The average molecular weight is 259 g/mol. The number of rotatable bonds is 3. The second kappa shape index (κ2) is 11.3. The first-order valence-corrected chi connectivity index (χ1v) is 7.14. The van der Waals surface area contributed by atoms with Crippen LogP contribution in [0.1, 0.15) is 46.5 Å². The molecule has 18 heavy (non-hydrogen) atoms. The highest BCUT2D eigenvalue weighted by atomic mass is 16.6. The zero-order valence-corrected chi connectivity index (χ0v) is 12.4. The van der Waals surface area contributed by atoms with E-state index in [1.807, 2.05) is 18.7 Å². The maximum Gasteiger partial charge on any atom is 0.409 e. The lowest BCUT2D eigenvalue weighted by Gasteiger charge is -2.26. The van der Waals surface area contributed by atoms with Crippen molar-refractivity contribution >= 4 is 6.09 Å². The van der Waals surface area contributed by atoms with Crippen molar-refractivity contribution in [1.29, 1.82) is 0 Å². The van der Waals surface area contributed by atoms with Gasteiger partial charge in [-0.25, -0.2) is 4.79 Å². The quantitative estimate of drug-likeness (QED) is 0.730. The Morgan fingerprint density at radius 1 is 1.17 bits per heavy atom. The summed E-state index contributed by atoms with van der Waals surface area (Å²) in [6.45, 7) is 8.76. The molecule has 0 aromatic rings. The molecule has 1 aliphatic rings. The number of hydrogen-bond acceptors (Lipinski definition) is 3. The fraction of sp³-hybridized carbons (Fsp3) is 0.929. The molecule has 1 aliphatic heterocycles. The third kappa shape index (κ3) is 7.54. The van der Waals surface area contributed by atoms with Gasteiger partial charge < -0.3 is 14.4 Å². The minimum atomic E-state index is -0.188. The topological polar surface area (TPSA) is 38.8 Å². The average Bonchev–Trinajstić information content (AvgIpc) is 2.36. The molecule has 0 saturated carbocycles. The highest BCUT2D eigenvalue weighted by Gasteiger charge is 2.17. The zero-order chi connectivity index (χ0) is 13.8. The monoisotopic (exact) mass is 259 g/mol. The third-order valence-electron chi connectivity index (χ3n) is 3.02. The van der Waals surface area contributed by atoms with Gasteiger partial charge in [0.05, 0.1) is 6.61 Å². The maximum atomic E-state index is 11.7. The van der Waals surface area contributed by atoms with Gasteiger partial charge in [-0.1, -0.05) is 20.8 Å². The first-order valence-electron chi connectivity index (χ1n) is 7.14. The van der Waals surface area contributed by atoms with Crippen LogP contribution in [0.3, 0.4) is 0 Å². The van der Waals surface area contributed by atoms with Crippen LogP contribution in [0, 0.1) is 5.92 Å². The molecule has 0 aromatic carbocycles. The van der Waals surface area contributed by atoms with Crippen LogP contribution in [-0.4, -0.2) is 44.4 Å². The highest BCUT2D eigenvalue weighted by molar-refractivity contribution is 5.67. The van der Waals surface area contributed by atoms with Crippen LogP contribution < -0.4 is 0 Å². The Bertz CT molecular complexity index is 199. The lowest BCUT2D eigenvalue weighted by atomic mass is 9.98. The second-order valence-corrected chi connectivity index (χ2v) is 4.48. The number of likely N-dealkylation sites (tertiary alicyclic amines) is 1. The van der Waals surface area contributed by atoms with Gasteiger partial charge in [0.15, 0.2) is 0 Å². The number of nitrogens with zero attached hydrogens (tertiary/aromatic N) is 1. The smallest absolute Gasteiger partial charge is 0.409 e. The summed E-state index contributed by atoms with van der Waals surface area (Å²) in [7, 11) is 1.60. The summed E-state index contributed by atoms with van der Waals surface area (Å²) in [4.78, 5) is 13.5. The van der Waals surface area contributed by atoms with Gasteiger partial charge in [-0.2, -0.15) is 0 Å². The SMILES string of the molecule is CC.COCCOC(=O)N1CCCC(C)CCC1. The first-order chi connectivity index (χ1) is 8.74. The zero-order valence-electron chi connectivity index (χ0n) is 12.4. The molecule has 0 aromatic heterocycles. The van der Waals surface area contributed by atoms with E-state index in [0.29, 0.717) is 13.2 Å². The second-order valence-electron chi connectivity index (χ2n) is 4.48. The lowest BCUT2D eigenvalue weighted by molar-refractivity contribution is 0.0689. The molecule has 0 radical (unpaired) electrons. The van der Waals surface area contributed by atoms with Crippen molar-refractivity contribution in [3.8, 4) is 0 Å². The van der Waals surface area contributed by atoms with Gasteiger partial charge in [0, 0.05) is 20.2 Å². The van der Waals surface area contributed by atoms with Crippen molar-refractivity contribution in [1.82, 2.24) is 4.90 Å². The van der Waals surface area contributed by atoms with Gasteiger partial charge in [0.2, 0.25) is 0 Å². The molecular weight excluding hydrogens is 230 g/mol. The Balaban J connectivity index is 0.00000137. The van der Waals surface area contributed by atoms with Crippen molar-refractivity contribution in [2.24, 2.45) is 5.92 Å².